The monoisotopic (exact) mass is 463 g/mol. The number of aliphatic hydroxyl groups excluding tert-OH is 1. The molecule has 0 saturated carbocycles. The molecule has 1 N–H and O–H groups in total. The molecule has 1 aromatic carbocycles. The molecule has 8 heteroatoms. The third kappa shape index (κ3) is 6.89. The lowest BCUT2D eigenvalue weighted by molar-refractivity contribution is 0.0980. The fourth-order valence-corrected chi connectivity index (χ4v) is 4.18. The summed E-state index contributed by atoms with van der Waals surface area (Å²) in [5.74, 6) is 0.143. The number of unbranched alkanes of at least 4 members (excludes halogenated alkanes) is 1. The summed E-state index contributed by atoms with van der Waals surface area (Å²) in [6.45, 7) is 12.4. The quantitative estimate of drug-likeness (QED) is 0.492. The highest BCUT2D eigenvalue weighted by Gasteiger charge is 2.18. The first-order valence-corrected chi connectivity index (χ1v) is 11.5. The molecule has 2 rings (SSSR count). The lowest BCUT2D eigenvalue weighted by Gasteiger charge is -2.11. The highest BCUT2D eigenvalue weighted by atomic mass is 35.5. The standard InChI is InChI=1S/C23H30ClN3O3S/c1-6-8-11-27-19(13-25-7-2)21(15(3)4)31-23(27)26-22(29)18-12-17(24)9-10-20(18)30-14-16(5)28/h7,9-10,12-13,15-16,28H,2,6,8,11,14H2,1,3-5H3/t16-/m0/s1. The second-order valence-electron chi connectivity index (χ2n) is 7.47. The number of hydrogen-bond donors (Lipinski definition) is 1. The molecule has 1 amide bonds. The average molecular weight is 464 g/mol. The van der Waals surface area contributed by atoms with E-state index in [0.717, 1.165) is 30.0 Å². The lowest BCUT2D eigenvalue weighted by atomic mass is 10.1. The van der Waals surface area contributed by atoms with E-state index in [1.165, 1.54) is 23.6 Å². The van der Waals surface area contributed by atoms with E-state index in [1.54, 1.807) is 25.3 Å². The minimum absolute atomic E-state index is 0.0665. The number of aliphatic imine (C=N–C) groups is 1. The Bertz CT molecular complexity index is 1010. The van der Waals surface area contributed by atoms with Gasteiger partial charge in [-0.25, -0.2) is 0 Å². The Morgan fingerprint density at radius 3 is 2.74 bits per heavy atom. The minimum Gasteiger partial charge on any atom is -0.490 e. The highest BCUT2D eigenvalue weighted by molar-refractivity contribution is 7.09. The van der Waals surface area contributed by atoms with Gasteiger partial charge in [-0.05, 0) is 37.5 Å². The first-order valence-electron chi connectivity index (χ1n) is 10.4. The lowest BCUT2D eigenvalue weighted by Crippen LogP contribution is -2.20. The normalized spacial score (nSPS) is 13.2. The van der Waals surface area contributed by atoms with E-state index in [2.05, 4.69) is 37.3 Å². The molecular formula is C23H30ClN3O3S. The van der Waals surface area contributed by atoms with Crippen LogP contribution >= 0.6 is 22.9 Å². The molecule has 1 heterocycles. The Hall–Kier alpha value is -2.22. The van der Waals surface area contributed by atoms with Gasteiger partial charge in [0.1, 0.15) is 12.4 Å². The van der Waals surface area contributed by atoms with Gasteiger partial charge in [-0.15, -0.1) is 11.3 Å². The summed E-state index contributed by atoms with van der Waals surface area (Å²) in [6, 6.07) is 4.80. The van der Waals surface area contributed by atoms with E-state index < -0.39 is 12.0 Å². The first-order chi connectivity index (χ1) is 14.8. The van der Waals surface area contributed by atoms with Crippen molar-refractivity contribution in [3.8, 4) is 5.75 Å². The van der Waals surface area contributed by atoms with Gasteiger partial charge < -0.3 is 14.4 Å². The fraction of sp³-hybridized carbons (Fsp3) is 0.435. The number of aromatic nitrogens is 1. The zero-order valence-corrected chi connectivity index (χ0v) is 20.0. The molecule has 1 aromatic heterocycles. The number of nitrogens with zero attached hydrogens (tertiary/aromatic N) is 3. The number of hydrogen-bond acceptors (Lipinski definition) is 5. The molecule has 0 aliphatic carbocycles. The van der Waals surface area contributed by atoms with Gasteiger partial charge in [0.25, 0.3) is 5.91 Å². The number of benzene rings is 1. The smallest absolute Gasteiger partial charge is 0.283 e. The molecule has 0 spiro atoms. The summed E-state index contributed by atoms with van der Waals surface area (Å²) in [7, 11) is 0. The molecule has 0 aliphatic heterocycles. The van der Waals surface area contributed by atoms with Crippen LogP contribution < -0.4 is 9.54 Å². The Balaban J connectivity index is 2.60. The molecule has 0 radical (unpaired) electrons. The highest BCUT2D eigenvalue weighted by Crippen LogP contribution is 2.25. The van der Waals surface area contributed by atoms with Crippen molar-refractivity contribution in [1.82, 2.24) is 4.57 Å². The van der Waals surface area contributed by atoms with Crippen LogP contribution in [0.25, 0.3) is 0 Å². The van der Waals surface area contributed by atoms with Crippen LogP contribution in [0.4, 0.5) is 0 Å². The maximum absolute atomic E-state index is 13.1. The maximum atomic E-state index is 13.1. The predicted molar refractivity (Wildman–Crippen MR) is 128 cm³/mol. The number of aliphatic hydroxyl groups is 1. The van der Waals surface area contributed by atoms with Crippen molar-refractivity contribution in [2.24, 2.45) is 9.98 Å². The summed E-state index contributed by atoms with van der Waals surface area (Å²) in [5.41, 5.74) is 1.20. The van der Waals surface area contributed by atoms with Crippen LogP contribution in [-0.4, -0.2) is 34.5 Å². The van der Waals surface area contributed by atoms with Crippen molar-refractivity contribution >= 4 is 35.1 Å². The van der Waals surface area contributed by atoms with Crippen LogP contribution in [-0.2, 0) is 6.54 Å². The van der Waals surface area contributed by atoms with Crippen molar-refractivity contribution in [3.63, 3.8) is 0 Å². The number of halogens is 1. The van der Waals surface area contributed by atoms with Crippen LogP contribution in [0.2, 0.25) is 5.02 Å². The Labute approximate surface area is 192 Å². The van der Waals surface area contributed by atoms with Gasteiger partial charge in [0.05, 0.1) is 23.6 Å². The van der Waals surface area contributed by atoms with Crippen molar-refractivity contribution in [2.45, 2.75) is 59.1 Å². The largest absolute Gasteiger partial charge is 0.490 e. The van der Waals surface area contributed by atoms with Gasteiger partial charge in [-0.1, -0.05) is 45.4 Å². The van der Waals surface area contributed by atoms with E-state index in [-0.39, 0.29) is 18.1 Å². The van der Waals surface area contributed by atoms with Gasteiger partial charge in [-0.3, -0.25) is 9.79 Å². The van der Waals surface area contributed by atoms with E-state index in [1.807, 2.05) is 4.57 Å². The topological polar surface area (TPSA) is 76.2 Å². The average Bonchev–Trinajstić information content (AvgIpc) is 3.06. The van der Waals surface area contributed by atoms with Crippen molar-refractivity contribution in [3.05, 3.63) is 56.9 Å². The summed E-state index contributed by atoms with van der Waals surface area (Å²) < 4.78 is 7.64. The molecule has 0 saturated heterocycles. The van der Waals surface area contributed by atoms with Crippen LogP contribution in [0.3, 0.4) is 0 Å². The summed E-state index contributed by atoms with van der Waals surface area (Å²) in [5, 5.41) is 9.94. The van der Waals surface area contributed by atoms with Crippen molar-refractivity contribution in [1.29, 1.82) is 0 Å². The van der Waals surface area contributed by atoms with Crippen LogP contribution in [0.15, 0.2) is 41.0 Å². The van der Waals surface area contributed by atoms with E-state index in [4.69, 9.17) is 16.3 Å². The zero-order chi connectivity index (χ0) is 23.0. The molecule has 1 atom stereocenters. The Kier molecular flexibility index (Phi) is 9.68. The number of thiazole rings is 1. The third-order valence-electron chi connectivity index (χ3n) is 4.39. The van der Waals surface area contributed by atoms with E-state index in [9.17, 15) is 9.90 Å². The number of amides is 1. The molecule has 0 aliphatic rings. The summed E-state index contributed by atoms with van der Waals surface area (Å²) in [6.07, 6.45) is 4.56. The Morgan fingerprint density at radius 2 is 2.13 bits per heavy atom. The molecule has 31 heavy (non-hydrogen) atoms. The molecular weight excluding hydrogens is 434 g/mol. The summed E-state index contributed by atoms with van der Waals surface area (Å²) >= 11 is 7.61. The van der Waals surface area contributed by atoms with Crippen molar-refractivity contribution < 1.29 is 14.6 Å². The maximum Gasteiger partial charge on any atom is 0.283 e. The van der Waals surface area contributed by atoms with Gasteiger partial charge in [0.2, 0.25) is 0 Å². The fourth-order valence-electron chi connectivity index (χ4n) is 2.88. The van der Waals surface area contributed by atoms with Crippen LogP contribution in [0, 0.1) is 0 Å². The van der Waals surface area contributed by atoms with Gasteiger partial charge >= 0.3 is 0 Å². The second kappa shape index (κ2) is 12.0. The SMILES string of the molecule is C=CN=Cc1c(C(C)C)sc(=NC(=O)c2cc(Cl)ccc2OC[C@H](C)O)n1CCCC. The second-order valence-corrected chi connectivity index (χ2v) is 8.92. The number of ether oxygens (including phenoxy) is 1. The molecule has 0 fully saturated rings. The van der Waals surface area contributed by atoms with Crippen LogP contribution in [0.1, 0.15) is 67.4 Å². The van der Waals surface area contributed by atoms with E-state index in [0.29, 0.717) is 15.6 Å². The molecule has 0 bridgehead atoms. The molecule has 0 unspecified atom stereocenters. The van der Waals surface area contributed by atoms with E-state index >= 15 is 0 Å². The number of carbonyl (C=O) groups excluding carboxylic acids is 1. The third-order valence-corrected chi connectivity index (χ3v) is 6.02. The Morgan fingerprint density at radius 1 is 1.39 bits per heavy atom. The molecule has 168 valence electrons. The zero-order valence-electron chi connectivity index (χ0n) is 18.5. The van der Waals surface area contributed by atoms with Crippen LogP contribution in [0.5, 0.6) is 5.75 Å². The van der Waals surface area contributed by atoms with Gasteiger partial charge in [0.15, 0.2) is 4.80 Å². The number of rotatable bonds is 10. The molecule has 2 aromatic rings. The molecule has 6 nitrogen and oxygen atoms in total. The number of carbonyl (C=O) groups is 1. The van der Waals surface area contributed by atoms with Gasteiger partial charge in [-0.2, -0.15) is 4.99 Å². The minimum atomic E-state index is -0.663. The first kappa shape index (κ1) is 25.0. The predicted octanol–water partition coefficient (Wildman–Crippen LogP) is 5.19. The summed E-state index contributed by atoms with van der Waals surface area (Å²) in [4.78, 5) is 23.5. The van der Waals surface area contributed by atoms with Gasteiger partial charge in [0, 0.05) is 22.6 Å². The van der Waals surface area contributed by atoms with Crippen molar-refractivity contribution in [2.75, 3.05) is 6.61 Å².